The summed E-state index contributed by atoms with van der Waals surface area (Å²) >= 11 is 0. The molecule has 2 aromatic rings. The number of nitrogens with zero attached hydrogens (tertiary/aromatic N) is 2. The Bertz CT molecular complexity index is 798. The largest absolute Gasteiger partial charge is 0.404 e. The second-order valence-corrected chi connectivity index (χ2v) is 5.61. The molecule has 0 radical (unpaired) electrons. The van der Waals surface area contributed by atoms with Crippen molar-refractivity contribution in [3.63, 3.8) is 0 Å². The molecule has 1 amide bonds. The molecule has 0 fully saturated rings. The first-order valence-corrected chi connectivity index (χ1v) is 7.73. The molecule has 0 unspecified atom stereocenters. The van der Waals surface area contributed by atoms with Crippen LogP contribution in [0, 0.1) is 0 Å². The summed E-state index contributed by atoms with van der Waals surface area (Å²) in [4.78, 5) is 20.3. The van der Waals surface area contributed by atoms with Crippen molar-refractivity contribution in [3.8, 4) is 0 Å². The molecule has 1 aliphatic heterocycles. The average Bonchev–Trinajstić information content (AvgIpc) is 2.73. The Balaban J connectivity index is 1.98. The van der Waals surface area contributed by atoms with Crippen molar-refractivity contribution >= 4 is 34.8 Å². The van der Waals surface area contributed by atoms with Gasteiger partial charge in [-0.05, 0) is 25.1 Å². The summed E-state index contributed by atoms with van der Waals surface area (Å²) in [5, 5.41) is 6.31. The van der Waals surface area contributed by atoms with E-state index in [1.54, 1.807) is 18.6 Å². The average molecular weight is 321 g/mol. The summed E-state index contributed by atoms with van der Waals surface area (Å²) in [6, 6.07) is 9.37. The van der Waals surface area contributed by atoms with Gasteiger partial charge in [0.1, 0.15) is 0 Å². The van der Waals surface area contributed by atoms with Crippen LogP contribution in [0.3, 0.4) is 0 Å². The number of hydrogen-bond donors (Lipinski definition) is 3. The number of hydrogen-bond acceptors (Lipinski definition) is 5. The Labute approximate surface area is 140 Å². The maximum absolute atomic E-state index is 11.9. The predicted octanol–water partition coefficient (Wildman–Crippen LogP) is 2.93. The van der Waals surface area contributed by atoms with Crippen LogP contribution in [0.4, 0.5) is 17.1 Å². The highest BCUT2D eigenvalue weighted by Crippen LogP contribution is 2.33. The number of carbonyl (C=O) groups excluding carboxylic acids is 1. The zero-order valence-electron chi connectivity index (χ0n) is 13.4. The molecule has 0 bridgehead atoms. The van der Waals surface area contributed by atoms with E-state index in [4.69, 9.17) is 5.73 Å². The third-order valence-electron chi connectivity index (χ3n) is 3.73. The number of allylic oxidation sites excluding steroid dienone is 1. The highest BCUT2D eigenvalue weighted by molar-refractivity contribution is 6.14. The van der Waals surface area contributed by atoms with Crippen LogP contribution in [0.25, 0.3) is 5.57 Å². The number of nitrogens with one attached hydrogen (secondary N) is 2. The molecular weight excluding hydrogens is 302 g/mol. The summed E-state index contributed by atoms with van der Waals surface area (Å²) in [6.07, 6.45) is 7.02. The van der Waals surface area contributed by atoms with Gasteiger partial charge in [-0.15, -0.1) is 0 Å². The lowest BCUT2D eigenvalue weighted by Crippen LogP contribution is -2.19. The van der Waals surface area contributed by atoms with Crippen molar-refractivity contribution in [2.45, 2.75) is 19.4 Å². The Morgan fingerprint density at radius 1 is 1.33 bits per heavy atom. The second kappa shape index (κ2) is 6.95. The van der Waals surface area contributed by atoms with Gasteiger partial charge in [-0.3, -0.25) is 14.8 Å². The smallest absolute Gasteiger partial charge is 0.226 e. The van der Waals surface area contributed by atoms with Crippen molar-refractivity contribution in [1.29, 1.82) is 0 Å². The van der Waals surface area contributed by atoms with Crippen LogP contribution in [-0.2, 0) is 4.79 Å². The number of aliphatic imine (C=N–C) groups is 1. The number of anilines is 2. The molecule has 1 aliphatic rings. The van der Waals surface area contributed by atoms with E-state index in [0.717, 1.165) is 28.2 Å². The SMILES string of the molecule is C[C@@H]1CC(=O)Nc2cccc(/C(C=Nc3ccncc3)=C/N)c2N1. The van der Waals surface area contributed by atoms with Crippen molar-refractivity contribution in [1.82, 2.24) is 4.98 Å². The minimum absolute atomic E-state index is 0.00497. The molecule has 0 saturated carbocycles. The monoisotopic (exact) mass is 321 g/mol. The third-order valence-corrected chi connectivity index (χ3v) is 3.73. The van der Waals surface area contributed by atoms with Crippen LogP contribution in [0.15, 0.2) is 53.9 Å². The van der Waals surface area contributed by atoms with Crippen LogP contribution < -0.4 is 16.4 Å². The van der Waals surface area contributed by atoms with E-state index in [2.05, 4.69) is 20.6 Å². The molecule has 1 aromatic heterocycles. The van der Waals surface area contributed by atoms with Gasteiger partial charge in [0.2, 0.25) is 5.91 Å². The summed E-state index contributed by atoms with van der Waals surface area (Å²) in [7, 11) is 0. The van der Waals surface area contributed by atoms with E-state index in [0.29, 0.717) is 6.42 Å². The summed E-state index contributed by atoms with van der Waals surface area (Å²) in [6.45, 7) is 1.97. The number of amides is 1. The Kier molecular flexibility index (Phi) is 4.56. The number of carbonyl (C=O) groups is 1. The normalized spacial score (nSPS) is 17.8. The van der Waals surface area contributed by atoms with E-state index >= 15 is 0 Å². The molecule has 1 atom stereocenters. The standard InChI is InChI=1S/C18H19N5O/c1-12-9-17(24)23-16-4-2-3-15(18(16)22-12)13(10-19)11-21-14-5-7-20-8-6-14/h2-8,10-12,22H,9,19H2,1H3,(H,23,24)/b13-10+,21-11?/t12-/m1/s1. The zero-order chi connectivity index (χ0) is 16.9. The molecule has 3 rings (SSSR count). The minimum Gasteiger partial charge on any atom is -0.404 e. The van der Waals surface area contributed by atoms with Crippen LogP contribution in [0.5, 0.6) is 0 Å². The molecule has 0 saturated heterocycles. The van der Waals surface area contributed by atoms with E-state index in [1.807, 2.05) is 37.3 Å². The second-order valence-electron chi connectivity index (χ2n) is 5.61. The summed E-state index contributed by atoms with van der Waals surface area (Å²) in [5.41, 5.74) is 9.87. The zero-order valence-corrected chi connectivity index (χ0v) is 13.4. The van der Waals surface area contributed by atoms with Crippen molar-refractivity contribution in [2.75, 3.05) is 10.6 Å². The molecular formula is C18H19N5O. The molecule has 6 heteroatoms. The maximum atomic E-state index is 11.9. The lowest BCUT2D eigenvalue weighted by Gasteiger charge is -2.16. The maximum Gasteiger partial charge on any atom is 0.226 e. The van der Waals surface area contributed by atoms with Gasteiger partial charge in [-0.25, -0.2) is 0 Å². The first kappa shape index (κ1) is 15.7. The number of para-hydroxylation sites is 1. The van der Waals surface area contributed by atoms with Crippen molar-refractivity contribution in [2.24, 2.45) is 10.7 Å². The van der Waals surface area contributed by atoms with Crippen molar-refractivity contribution < 1.29 is 4.79 Å². The van der Waals surface area contributed by atoms with Crippen LogP contribution in [0.2, 0.25) is 0 Å². The molecule has 122 valence electrons. The molecule has 4 N–H and O–H groups in total. The fourth-order valence-corrected chi connectivity index (χ4v) is 2.61. The number of fused-ring (bicyclic) bond motifs is 1. The van der Waals surface area contributed by atoms with Crippen LogP contribution in [0.1, 0.15) is 18.9 Å². The Hall–Kier alpha value is -3.15. The van der Waals surface area contributed by atoms with Gasteiger partial charge in [0.15, 0.2) is 0 Å². The lowest BCUT2D eigenvalue weighted by molar-refractivity contribution is -0.116. The first-order valence-electron chi connectivity index (χ1n) is 7.73. The Morgan fingerprint density at radius 2 is 2.12 bits per heavy atom. The number of aromatic nitrogens is 1. The van der Waals surface area contributed by atoms with Crippen LogP contribution >= 0.6 is 0 Å². The Morgan fingerprint density at radius 3 is 2.88 bits per heavy atom. The molecule has 2 heterocycles. The van der Waals surface area contributed by atoms with Gasteiger partial charge < -0.3 is 16.4 Å². The summed E-state index contributed by atoms with van der Waals surface area (Å²) in [5.74, 6) is -0.00497. The van der Waals surface area contributed by atoms with Gasteiger partial charge >= 0.3 is 0 Å². The van der Waals surface area contributed by atoms with E-state index in [-0.39, 0.29) is 11.9 Å². The molecule has 6 nitrogen and oxygen atoms in total. The lowest BCUT2D eigenvalue weighted by atomic mass is 10.0. The van der Waals surface area contributed by atoms with Gasteiger partial charge in [-0.2, -0.15) is 0 Å². The van der Waals surface area contributed by atoms with Gasteiger partial charge in [0.05, 0.1) is 17.1 Å². The first-order chi connectivity index (χ1) is 11.7. The number of benzene rings is 1. The molecule has 24 heavy (non-hydrogen) atoms. The fraction of sp³-hybridized carbons (Fsp3) is 0.167. The third kappa shape index (κ3) is 3.43. The molecule has 0 spiro atoms. The van der Waals surface area contributed by atoms with Crippen molar-refractivity contribution in [3.05, 3.63) is 54.5 Å². The quantitative estimate of drug-likeness (QED) is 0.758. The molecule has 1 aromatic carbocycles. The summed E-state index contributed by atoms with van der Waals surface area (Å²) < 4.78 is 0. The minimum atomic E-state index is -0.00497. The van der Waals surface area contributed by atoms with E-state index in [1.165, 1.54) is 6.20 Å². The highest BCUT2D eigenvalue weighted by Gasteiger charge is 2.20. The van der Waals surface area contributed by atoms with E-state index in [9.17, 15) is 4.79 Å². The number of rotatable bonds is 3. The molecule has 0 aliphatic carbocycles. The fourth-order valence-electron chi connectivity index (χ4n) is 2.61. The van der Waals surface area contributed by atoms with Gasteiger partial charge in [0, 0.05) is 48.4 Å². The highest BCUT2D eigenvalue weighted by atomic mass is 16.1. The van der Waals surface area contributed by atoms with Gasteiger partial charge in [-0.1, -0.05) is 12.1 Å². The number of nitrogens with two attached hydrogens (primary N) is 1. The van der Waals surface area contributed by atoms with Gasteiger partial charge in [0.25, 0.3) is 0 Å². The number of pyridine rings is 1. The van der Waals surface area contributed by atoms with E-state index < -0.39 is 0 Å². The van der Waals surface area contributed by atoms with Crippen LogP contribution in [-0.4, -0.2) is 23.1 Å². The predicted molar refractivity (Wildman–Crippen MR) is 97.3 cm³/mol. The topological polar surface area (TPSA) is 92.4 Å².